The van der Waals surface area contributed by atoms with Gasteiger partial charge in [0.25, 0.3) is 0 Å². The molecule has 2 unspecified atom stereocenters. The van der Waals surface area contributed by atoms with E-state index >= 15 is 0 Å². The van der Waals surface area contributed by atoms with Gasteiger partial charge in [-0.2, -0.15) is 0 Å². The first-order valence-electron chi connectivity index (χ1n) is 4.60. The fraction of sp³-hybridized carbons (Fsp3) is 0.667. The highest BCUT2D eigenvalue weighted by Gasteiger charge is 2.22. The molecule has 72 valence electrons. The minimum Gasteiger partial charge on any atom is -0.441 e. The molecule has 4 heteroatoms. The number of nitrogens with two attached hydrogens (primary N) is 1. The van der Waals surface area contributed by atoms with Crippen molar-refractivity contribution in [3.63, 3.8) is 0 Å². The molecule has 0 radical (unpaired) electrons. The van der Waals surface area contributed by atoms with Crippen molar-refractivity contribution in [2.75, 3.05) is 6.61 Å². The van der Waals surface area contributed by atoms with Crippen LogP contribution in [-0.2, 0) is 4.74 Å². The van der Waals surface area contributed by atoms with Gasteiger partial charge in [-0.05, 0) is 19.8 Å². The van der Waals surface area contributed by atoms with Gasteiger partial charge in [0, 0.05) is 6.61 Å². The van der Waals surface area contributed by atoms with E-state index < -0.39 is 0 Å². The SMILES string of the molecule is CC(N)c1cnc(C2CCCO2)o1. The Morgan fingerprint density at radius 3 is 3.08 bits per heavy atom. The predicted octanol–water partition coefficient (Wildman–Crippen LogP) is 1.55. The summed E-state index contributed by atoms with van der Waals surface area (Å²) in [4.78, 5) is 4.15. The van der Waals surface area contributed by atoms with E-state index in [1.807, 2.05) is 6.92 Å². The molecule has 0 aliphatic carbocycles. The molecule has 1 aromatic heterocycles. The molecule has 2 heterocycles. The molecule has 1 saturated heterocycles. The molecular weight excluding hydrogens is 168 g/mol. The normalized spacial score (nSPS) is 24.9. The zero-order valence-electron chi connectivity index (χ0n) is 7.69. The van der Waals surface area contributed by atoms with E-state index in [0.717, 1.165) is 25.2 Å². The molecular formula is C9H14N2O2. The standard InChI is InChI=1S/C9H14N2O2/c1-6(10)8-5-11-9(13-8)7-3-2-4-12-7/h5-7H,2-4,10H2,1H3. The molecule has 1 aromatic rings. The Kier molecular flexibility index (Phi) is 2.33. The summed E-state index contributed by atoms with van der Waals surface area (Å²) in [5, 5.41) is 0. The third-order valence-corrected chi connectivity index (χ3v) is 2.20. The van der Waals surface area contributed by atoms with Crippen LogP contribution in [0.4, 0.5) is 0 Å². The van der Waals surface area contributed by atoms with Gasteiger partial charge in [-0.1, -0.05) is 0 Å². The van der Waals surface area contributed by atoms with Crippen molar-refractivity contribution in [2.24, 2.45) is 5.73 Å². The fourth-order valence-corrected chi connectivity index (χ4v) is 1.43. The highest BCUT2D eigenvalue weighted by molar-refractivity contribution is 5.00. The van der Waals surface area contributed by atoms with Gasteiger partial charge in [0.15, 0.2) is 0 Å². The minimum absolute atomic E-state index is 0.0486. The van der Waals surface area contributed by atoms with Gasteiger partial charge in [-0.15, -0.1) is 0 Å². The Balaban J connectivity index is 2.12. The molecule has 2 N–H and O–H groups in total. The third-order valence-electron chi connectivity index (χ3n) is 2.20. The van der Waals surface area contributed by atoms with E-state index in [9.17, 15) is 0 Å². The van der Waals surface area contributed by atoms with Crippen LogP contribution in [0, 0.1) is 0 Å². The van der Waals surface area contributed by atoms with Crippen LogP contribution in [0.3, 0.4) is 0 Å². The lowest BCUT2D eigenvalue weighted by Gasteiger charge is -2.03. The molecule has 0 aromatic carbocycles. The second-order valence-corrected chi connectivity index (χ2v) is 3.39. The average Bonchev–Trinajstić information content (AvgIpc) is 2.75. The van der Waals surface area contributed by atoms with Crippen molar-refractivity contribution in [1.29, 1.82) is 0 Å². The maximum absolute atomic E-state index is 5.65. The second-order valence-electron chi connectivity index (χ2n) is 3.39. The van der Waals surface area contributed by atoms with Crippen molar-refractivity contribution in [2.45, 2.75) is 31.9 Å². The molecule has 1 fully saturated rings. The van der Waals surface area contributed by atoms with Crippen LogP contribution >= 0.6 is 0 Å². The number of nitrogens with zero attached hydrogens (tertiary/aromatic N) is 1. The fourth-order valence-electron chi connectivity index (χ4n) is 1.43. The molecule has 2 atom stereocenters. The van der Waals surface area contributed by atoms with E-state index in [1.54, 1.807) is 6.20 Å². The monoisotopic (exact) mass is 182 g/mol. The van der Waals surface area contributed by atoms with Gasteiger partial charge in [0.2, 0.25) is 5.89 Å². The van der Waals surface area contributed by atoms with Crippen molar-refractivity contribution >= 4 is 0 Å². The second kappa shape index (κ2) is 3.47. The first-order chi connectivity index (χ1) is 6.27. The van der Waals surface area contributed by atoms with Crippen molar-refractivity contribution < 1.29 is 9.15 Å². The molecule has 4 nitrogen and oxygen atoms in total. The number of oxazole rings is 1. The van der Waals surface area contributed by atoms with Gasteiger partial charge < -0.3 is 14.9 Å². The Morgan fingerprint density at radius 1 is 1.69 bits per heavy atom. The largest absolute Gasteiger partial charge is 0.441 e. The summed E-state index contributed by atoms with van der Waals surface area (Å²) >= 11 is 0. The molecule has 0 saturated carbocycles. The summed E-state index contributed by atoms with van der Waals surface area (Å²) in [6, 6.07) is -0.0948. The lowest BCUT2D eigenvalue weighted by atomic mass is 10.2. The van der Waals surface area contributed by atoms with E-state index in [0.29, 0.717) is 5.89 Å². The first-order valence-corrected chi connectivity index (χ1v) is 4.60. The van der Waals surface area contributed by atoms with Crippen LogP contribution in [0.15, 0.2) is 10.6 Å². The number of ether oxygens (including phenoxy) is 1. The maximum Gasteiger partial charge on any atom is 0.223 e. The van der Waals surface area contributed by atoms with Crippen LogP contribution in [0.25, 0.3) is 0 Å². The van der Waals surface area contributed by atoms with Gasteiger partial charge in [0.05, 0.1) is 12.2 Å². The summed E-state index contributed by atoms with van der Waals surface area (Å²) < 4.78 is 10.9. The lowest BCUT2D eigenvalue weighted by molar-refractivity contribution is 0.0878. The first kappa shape index (κ1) is 8.72. The Labute approximate surface area is 77.1 Å². The van der Waals surface area contributed by atoms with E-state index in [2.05, 4.69) is 4.98 Å². The minimum atomic E-state index is -0.0948. The molecule has 0 bridgehead atoms. The number of hydrogen-bond donors (Lipinski definition) is 1. The van der Waals surface area contributed by atoms with Crippen LogP contribution < -0.4 is 5.73 Å². The summed E-state index contributed by atoms with van der Waals surface area (Å²) in [7, 11) is 0. The van der Waals surface area contributed by atoms with Crippen LogP contribution in [0.1, 0.15) is 43.6 Å². The van der Waals surface area contributed by atoms with Crippen LogP contribution in [0.2, 0.25) is 0 Å². The lowest BCUT2D eigenvalue weighted by Crippen LogP contribution is -2.03. The summed E-state index contributed by atoms with van der Waals surface area (Å²) in [6.45, 7) is 2.68. The molecule has 1 aliphatic heterocycles. The average molecular weight is 182 g/mol. The summed E-state index contributed by atoms with van der Waals surface area (Å²) in [5.74, 6) is 1.40. The van der Waals surface area contributed by atoms with Crippen molar-refractivity contribution in [1.82, 2.24) is 4.98 Å². The summed E-state index contributed by atoms with van der Waals surface area (Å²) in [5.41, 5.74) is 5.65. The van der Waals surface area contributed by atoms with E-state index in [4.69, 9.17) is 14.9 Å². The predicted molar refractivity (Wildman–Crippen MR) is 47.0 cm³/mol. The molecule has 1 aliphatic rings. The highest BCUT2D eigenvalue weighted by Crippen LogP contribution is 2.28. The van der Waals surface area contributed by atoms with Crippen molar-refractivity contribution in [3.05, 3.63) is 17.8 Å². The quantitative estimate of drug-likeness (QED) is 0.753. The highest BCUT2D eigenvalue weighted by atomic mass is 16.5. The topological polar surface area (TPSA) is 61.3 Å². The molecule has 0 amide bonds. The van der Waals surface area contributed by atoms with E-state index in [1.165, 1.54) is 0 Å². The zero-order valence-corrected chi connectivity index (χ0v) is 7.69. The number of hydrogen-bond acceptors (Lipinski definition) is 4. The van der Waals surface area contributed by atoms with Gasteiger partial charge >= 0.3 is 0 Å². The third kappa shape index (κ3) is 1.73. The van der Waals surface area contributed by atoms with Gasteiger partial charge in [-0.3, -0.25) is 0 Å². The smallest absolute Gasteiger partial charge is 0.223 e. The Bertz CT molecular complexity index is 277. The molecule has 13 heavy (non-hydrogen) atoms. The van der Waals surface area contributed by atoms with Gasteiger partial charge in [0.1, 0.15) is 11.9 Å². The summed E-state index contributed by atoms with van der Waals surface area (Å²) in [6.07, 6.45) is 3.81. The molecule has 0 spiro atoms. The van der Waals surface area contributed by atoms with E-state index in [-0.39, 0.29) is 12.1 Å². The van der Waals surface area contributed by atoms with Crippen LogP contribution in [0.5, 0.6) is 0 Å². The van der Waals surface area contributed by atoms with Gasteiger partial charge in [-0.25, -0.2) is 4.98 Å². The zero-order chi connectivity index (χ0) is 9.26. The maximum atomic E-state index is 5.65. The van der Waals surface area contributed by atoms with Crippen LogP contribution in [-0.4, -0.2) is 11.6 Å². The molecule has 2 rings (SSSR count). The Hall–Kier alpha value is -0.870. The van der Waals surface area contributed by atoms with Crippen molar-refractivity contribution in [3.8, 4) is 0 Å². The number of aromatic nitrogens is 1. The number of rotatable bonds is 2. The Morgan fingerprint density at radius 2 is 2.54 bits per heavy atom.